The third kappa shape index (κ3) is 3.21. The third-order valence-corrected chi connectivity index (χ3v) is 6.26. The van der Waals surface area contributed by atoms with Crippen LogP contribution >= 0.6 is 0 Å². The molecule has 1 saturated heterocycles. The van der Waals surface area contributed by atoms with Gasteiger partial charge in [-0.1, -0.05) is 12.1 Å². The van der Waals surface area contributed by atoms with Gasteiger partial charge in [0.05, 0.1) is 17.5 Å². The summed E-state index contributed by atoms with van der Waals surface area (Å²) in [6, 6.07) is 5.91. The Morgan fingerprint density at radius 2 is 1.93 bits per heavy atom. The Bertz CT molecular complexity index is 1050. The summed E-state index contributed by atoms with van der Waals surface area (Å²) in [5.41, 5.74) is 5.74. The fourth-order valence-corrected chi connectivity index (χ4v) is 4.89. The molecular weight excluding hydrogens is 377 g/mol. The number of rotatable bonds is 3. The number of alkyl halides is 3. The van der Waals surface area contributed by atoms with Gasteiger partial charge in [-0.05, 0) is 50.4 Å². The van der Waals surface area contributed by atoms with E-state index >= 15 is 0 Å². The Balaban J connectivity index is 1.49. The highest BCUT2D eigenvalue weighted by Crippen LogP contribution is 2.42. The lowest BCUT2D eigenvalue weighted by Crippen LogP contribution is -2.31. The summed E-state index contributed by atoms with van der Waals surface area (Å²) in [5, 5.41) is 0. The third-order valence-electron chi connectivity index (χ3n) is 6.26. The van der Waals surface area contributed by atoms with Crippen molar-refractivity contribution in [2.45, 2.75) is 51.4 Å². The second-order valence-corrected chi connectivity index (χ2v) is 8.08. The van der Waals surface area contributed by atoms with E-state index in [0.29, 0.717) is 19.0 Å². The Labute approximate surface area is 167 Å². The number of aryl methyl sites for hydroxylation is 3. The van der Waals surface area contributed by atoms with E-state index in [1.165, 1.54) is 17.7 Å². The van der Waals surface area contributed by atoms with Crippen LogP contribution in [0.5, 0.6) is 0 Å². The van der Waals surface area contributed by atoms with Crippen molar-refractivity contribution in [3.05, 3.63) is 58.5 Å². The molecule has 29 heavy (non-hydrogen) atoms. The lowest BCUT2D eigenvalue weighted by Gasteiger charge is -2.30. The summed E-state index contributed by atoms with van der Waals surface area (Å²) in [6.45, 7) is 4.85. The van der Waals surface area contributed by atoms with Crippen molar-refractivity contribution in [1.82, 2.24) is 19.4 Å². The van der Waals surface area contributed by atoms with Gasteiger partial charge in [-0.15, -0.1) is 0 Å². The van der Waals surface area contributed by atoms with Crippen molar-refractivity contribution in [2.24, 2.45) is 0 Å². The summed E-state index contributed by atoms with van der Waals surface area (Å²) < 4.78 is 40.7. The van der Waals surface area contributed by atoms with Crippen LogP contribution in [0, 0.1) is 6.92 Å². The van der Waals surface area contributed by atoms with Crippen LogP contribution in [-0.4, -0.2) is 32.5 Å². The maximum atomic E-state index is 12.8. The van der Waals surface area contributed by atoms with E-state index in [9.17, 15) is 13.2 Å². The summed E-state index contributed by atoms with van der Waals surface area (Å²) >= 11 is 0. The molecule has 2 aromatic heterocycles. The SMILES string of the molecule is Cc1cnc2c(n1)c1c(n2CCc2ccc(C(F)(F)F)cc2)CCN2CCCC12. The molecule has 1 atom stereocenters. The minimum absolute atomic E-state index is 0.421. The summed E-state index contributed by atoms with van der Waals surface area (Å²) in [5.74, 6) is 0. The zero-order chi connectivity index (χ0) is 20.2. The molecule has 2 aliphatic heterocycles. The van der Waals surface area contributed by atoms with E-state index < -0.39 is 11.7 Å². The molecule has 0 radical (unpaired) electrons. The minimum Gasteiger partial charge on any atom is -0.328 e. The Morgan fingerprint density at radius 3 is 2.69 bits per heavy atom. The number of aromatic nitrogens is 3. The van der Waals surface area contributed by atoms with Gasteiger partial charge in [0, 0.05) is 36.8 Å². The first kappa shape index (κ1) is 18.6. The van der Waals surface area contributed by atoms with Crippen molar-refractivity contribution in [1.29, 1.82) is 0 Å². The highest BCUT2D eigenvalue weighted by molar-refractivity contribution is 5.79. The van der Waals surface area contributed by atoms with Crippen LogP contribution in [0.4, 0.5) is 13.2 Å². The molecule has 1 aromatic carbocycles. The molecule has 1 unspecified atom stereocenters. The molecule has 0 aliphatic carbocycles. The predicted molar refractivity (Wildman–Crippen MR) is 105 cm³/mol. The molecule has 0 N–H and O–H groups in total. The van der Waals surface area contributed by atoms with Crippen LogP contribution in [0.3, 0.4) is 0 Å². The molecule has 4 heterocycles. The maximum Gasteiger partial charge on any atom is 0.416 e. The van der Waals surface area contributed by atoms with Gasteiger partial charge in [-0.3, -0.25) is 4.90 Å². The van der Waals surface area contributed by atoms with Crippen LogP contribution in [0.15, 0.2) is 30.5 Å². The minimum atomic E-state index is -4.30. The van der Waals surface area contributed by atoms with E-state index in [4.69, 9.17) is 9.97 Å². The first-order valence-electron chi connectivity index (χ1n) is 10.2. The van der Waals surface area contributed by atoms with Crippen molar-refractivity contribution in [3.8, 4) is 0 Å². The molecule has 1 fully saturated rings. The normalized spacial score (nSPS) is 19.5. The van der Waals surface area contributed by atoms with Gasteiger partial charge in [0.25, 0.3) is 0 Å². The van der Waals surface area contributed by atoms with Crippen LogP contribution in [-0.2, 0) is 25.6 Å². The molecular formula is C22H23F3N4. The largest absolute Gasteiger partial charge is 0.416 e. The number of hydrogen-bond acceptors (Lipinski definition) is 3. The van der Waals surface area contributed by atoms with Crippen molar-refractivity contribution in [3.63, 3.8) is 0 Å². The fraction of sp³-hybridized carbons (Fsp3) is 0.455. The summed E-state index contributed by atoms with van der Waals surface area (Å²) in [4.78, 5) is 12.1. The Hall–Kier alpha value is -2.41. The lowest BCUT2D eigenvalue weighted by molar-refractivity contribution is -0.137. The second kappa shape index (κ2) is 6.83. The van der Waals surface area contributed by atoms with Gasteiger partial charge in [-0.25, -0.2) is 9.97 Å². The average molecular weight is 400 g/mol. The van der Waals surface area contributed by atoms with Gasteiger partial charge in [-0.2, -0.15) is 13.2 Å². The zero-order valence-electron chi connectivity index (χ0n) is 16.3. The topological polar surface area (TPSA) is 34.0 Å². The van der Waals surface area contributed by atoms with Gasteiger partial charge in [0.15, 0.2) is 5.65 Å². The van der Waals surface area contributed by atoms with Gasteiger partial charge >= 0.3 is 6.18 Å². The molecule has 0 spiro atoms. The molecule has 0 saturated carbocycles. The predicted octanol–water partition coefficient (Wildman–Crippen LogP) is 4.69. The highest BCUT2D eigenvalue weighted by atomic mass is 19.4. The molecule has 0 bridgehead atoms. The number of benzene rings is 1. The Kier molecular flexibility index (Phi) is 4.38. The van der Waals surface area contributed by atoms with E-state index in [1.54, 1.807) is 18.3 Å². The van der Waals surface area contributed by atoms with Gasteiger partial charge < -0.3 is 4.57 Å². The fourth-order valence-electron chi connectivity index (χ4n) is 4.89. The van der Waals surface area contributed by atoms with Gasteiger partial charge in [0.1, 0.15) is 5.52 Å². The first-order chi connectivity index (χ1) is 13.9. The first-order valence-corrected chi connectivity index (χ1v) is 10.2. The van der Waals surface area contributed by atoms with E-state index in [2.05, 4.69) is 9.47 Å². The quantitative estimate of drug-likeness (QED) is 0.639. The number of halogens is 3. The highest BCUT2D eigenvalue weighted by Gasteiger charge is 2.36. The summed E-state index contributed by atoms with van der Waals surface area (Å²) in [7, 11) is 0. The van der Waals surface area contributed by atoms with Crippen molar-refractivity contribution < 1.29 is 13.2 Å². The zero-order valence-corrected chi connectivity index (χ0v) is 16.3. The molecule has 0 amide bonds. The van der Waals surface area contributed by atoms with Gasteiger partial charge in [0.2, 0.25) is 0 Å². The smallest absolute Gasteiger partial charge is 0.328 e. The monoisotopic (exact) mass is 400 g/mol. The lowest BCUT2D eigenvalue weighted by atomic mass is 9.98. The number of fused-ring (bicyclic) bond motifs is 5. The number of hydrogen-bond donors (Lipinski definition) is 0. The van der Waals surface area contributed by atoms with E-state index in [0.717, 1.165) is 60.5 Å². The van der Waals surface area contributed by atoms with Crippen molar-refractivity contribution >= 4 is 11.2 Å². The molecule has 4 nitrogen and oxygen atoms in total. The van der Waals surface area contributed by atoms with Crippen molar-refractivity contribution in [2.75, 3.05) is 13.1 Å². The molecule has 7 heteroatoms. The van der Waals surface area contributed by atoms with Crippen LogP contribution in [0.25, 0.3) is 11.2 Å². The second-order valence-electron chi connectivity index (χ2n) is 8.08. The summed E-state index contributed by atoms with van der Waals surface area (Å²) in [6.07, 6.45) is 1.50. The molecule has 2 aliphatic rings. The average Bonchev–Trinajstić information content (AvgIpc) is 3.28. The maximum absolute atomic E-state index is 12.8. The van der Waals surface area contributed by atoms with E-state index in [-0.39, 0.29) is 0 Å². The molecule has 152 valence electrons. The number of nitrogens with zero attached hydrogens (tertiary/aromatic N) is 4. The molecule has 3 aromatic rings. The molecule has 5 rings (SSSR count). The standard InChI is InChI=1S/C22H23F3N4/c1-14-13-26-21-20(27-14)19-17-3-2-10-28(17)11-9-18(19)29(21)12-8-15-4-6-16(7-5-15)22(23,24)25/h4-7,13,17H,2-3,8-12H2,1H3. The Morgan fingerprint density at radius 1 is 1.14 bits per heavy atom. The van der Waals surface area contributed by atoms with Crippen LogP contribution < -0.4 is 0 Å². The van der Waals surface area contributed by atoms with E-state index in [1.807, 2.05) is 6.92 Å². The van der Waals surface area contributed by atoms with Crippen LogP contribution in [0.1, 0.15) is 47.0 Å². The van der Waals surface area contributed by atoms with Crippen LogP contribution in [0.2, 0.25) is 0 Å².